The molecule has 68 heavy (non-hydrogen) atoms. The van der Waals surface area contributed by atoms with Crippen molar-refractivity contribution in [3.05, 3.63) is 83.7 Å². The first kappa shape index (κ1) is 56.5. The van der Waals surface area contributed by atoms with Gasteiger partial charge in [-0.15, -0.1) is 0 Å². The van der Waals surface area contributed by atoms with Crippen LogP contribution >= 0.6 is 90.4 Å². The van der Waals surface area contributed by atoms with Crippen molar-refractivity contribution in [3.8, 4) is 0 Å². The first-order valence-corrected chi connectivity index (χ1v) is 20.5. The van der Waals surface area contributed by atoms with Crippen LogP contribution in [0.2, 0.25) is 0 Å². The summed E-state index contributed by atoms with van der Waals surface area (Å²) in [6, 6.07) is 0. The van der Waals surface area contributed by atoms with Crippen LogP contribution in [0.25, 0.3) is 0 Å². The number of hydrogen-bond donors (Lipinski definition) is 0. The van der Waals surface area contributed by atoms with Gasteiger partial charge in [-0.25, -0.2) is 20.0 Å². The maximum Gasteiger partial charge on any atom is 0.460 e. The van der Waals surface area contributed by atoms with Crippen LogP contribution in [0.4, 0.5) is 123 Å². The highest BCUT2D eigenvalue weighted by molar-refractivity contribution is 14.1. The van der Waals surface area contributed by atoms with Gasteiger partial charge in [0.25, 0.3) is 0 Å². The minimum absolute atomic E-state index is 0.467. The Kier molecular flexibility index (Phi) is 13.7. The molecule has 0 aromatic heterocycles. The van der Waals surface area contributed by atoms with E-state index < -0.39 is 179 Å². The van der Waals surface area contributed by atoms with Gasteiger partial charge >= 0.3 is 72.1 Å². The molecule has 0 fully saturated rings. The number of alkyl halides is 28. The molecule has 0 aromatic carbocycles. The highest BCUT2D eigenvalue weighted by atomic mass is 127. The molecule has 0 unspecified atom stereocenters. The molecular weight excluding hydrogens is 1480 g/mol. The SMILES string of the molecule is FC(F)(F)C(F)(F)C(F)(F)C1=C2C=CC(=N2)C(C(F)(F)C(F)(F)C(F)(F)F)=C2N=C(C(I)=C2I)C(C(F)(F)C(F)(F)C(F)(F)F)=C2C=CC(=N2)C(C(F)(F)C(F)(F)C(F)(F)F)=C2N=C1C(I)=C2I. The van der Waals surface area contributed by atoms with E-state index >= 15 is 35.1 Å². The average molecular weight is 1480 g/mol. The van der Waals surface area contributed by atoms with Crippen molar-refractivity contribution >= 4 is 113 Å². The van der Waals surface area contributed by atoms with Gasteiger partial charge in [0, 0.05) is 0 Å². The van der Waals surface area contributed by atoms with Crippen molar-refractivity contribution in [2.45, 2.75) is 72.1 Å². The van der Waals surface area contributed by atoms with Gasteiger partial charge in [0.2, 0.25) is 0 Å². The summed E-state index contributed by atoms with van der Waals surface area (Å²) in [5.41, 5.74) is -32.5. The minimum atomic E-state index is -7.56. The summed E-state index contributed by atoms with van der Waals surface area (Å²) in [6.45, 7) is 0. The van der Waals surface area contributed by atoms with E-state index in [1.54, 1.807) is 0 Å². The zero-order valence-electron chi connectivity index (χ0n) is 30.2. The van der Waals surface area contributed by atoms with Crippen molar-refractivity contribution in [2.24, 2.45) is 20.0 Å². The van der Waals surface area contributed by atoms with Gasteiger partial charge in [-0.3, -0.25) is 0 Å². The summed E-state index contributed by atoms with van der Waals surface area (Å²) >= 11 is 1.87. The van der Waals surface area contributed by atoms with Crippen molar-refractivity contribution in [2.75, 3.05) is 0 Å². The zero-order chi connectivity index (χ0) is 52.9. The molecule has 36 heteroatoms. The predicted octanol–water partition coefficient (Wildman–Crippen LogP) is 15.4. The molecule has 0 saturated heterocycles. The molecule has 5 rings (SSSR count). The highest BCUT2D eigenvalue weighted by Gasteiger charge is 2.79. The molecule has 0 spiro atoms. The number of allylic oxidation sites excluding steroid dienone is 12. The second kappa shape index (κ2) is 16.5. The van der Waals surface area contributed by atoms with Gasteiger partial charge < -0.3 is 0 Å². The quantitative estimate of drug-likeness (QED) is 0.172. The third kappa shape index (κ3) is 8.07. The summed E-state index contributed by atoms with van der Waals surface area (Å²) in [7, 11) is 0. The Morgan fingerprint density at radius 1 is 0.279 bits per heavy atom. The Hall–Kier alpha value is -2.44. The second-order valence-electron chi connectivity index (χ2n) is 13.4. The van der Waals surface area contributed by atoms with E-state index in [2.05, 4.69) is 20.0 Å². The maximum atomic E-state index is 16.0. The summed E-state index contributed by atoms with van der Waals surface area (Å²) in [6.07, 6.45) is -32.0. The van der Waals surface area contributed by atoms with Gasteiger partial charge in [0.15, 0.2) is 0 Å². The standard InChI is InChI=1S/C32H4F28I4N4/c33-21(34,25(41,42)29(49,50)51)9-5-1-2-6(65-5)10(22(35,36)26(43,44)30(52,53)54)18-15(63)16(64)20(68-18)12(24(39,40)28(47,48)32(58,59)60)8-4-3-7(66-8)11(19-14(62)13(61)17(9)67-19)23(37,38)27(45,46)31(55,56)57/h1-4H. The third-order valence-electron chi connectivity index (χ3n) is 9.17. The van der Waals surface area contributed by atoms with Crippen molar-refractivity contribution < 1.29 is 123 Å². The third-order valence-corrected chi connectivity index (χ3v) is 15.4. The molecule has 376 valence electrons. The Morgan fingerprint density at radius 3 is 0.721 bits per heavy atom. The van der Waals surface area contributed by atoms with Crippen LogP contribution in [0.5, 0.6) is 0 Å². The lowest BCUT2D eigenvalue weighted by Gasteiger charge is -2.31. The van der Waals surface area contributed by atoms with Gasteiger partial charge in [0.05, 0.1) is 82.2 Å². The molecule has 0 N–H and O–H groups in total. The second-order valence-corrected chi connectivity index (χ2v) is 17.7. The van der Waals surface area contributed by atoms with E-state index in [-0.39, 0.29) is 0 Å². The molecule has 4 nitrogen and oxygen atoms in total. The fourth-order valence-electron chi connectivity index (χ4n) is 5.84. The molecule has 0 amide bonds. The lowest BCUT2D eigenvalue weighted by atomic mass is 9.95. The lowest BCUT2D eigenvalue weighted by Crippen LogP contribution is -2.54. The number of nitrogens with zero attached hydrogens (tertiary/aromatic N) is 4. The molecule has 0 atom stereocenters. The largest absolute Gasteiger partial charge is 0.460 e. The van der Waals surface area contributed by atoms with Crippen LogP contribution in [0.15, 0.2) is 104 Å². The van der Waals surface area contributed by atoms with Gasteiger partial charge in [-0.05, 0) is 115 Å². The summed E-state index contributed by atoms with van der Waals surface area (Å²) in [5.74, 6) is -58.7. The van der Waals surface area contributed by atoms with Gasteiger partial charge in [-0.2, -0.15) is 123 Å². The van der Waals surface area contributed by atoms with Gasteiger partial charge in [-0.1, -0.05) is 0 Å². The number of fused-ring (bicyclic) bond motifs is 4. The first-order valence-electron chi connectivity index (χ1n) is 16.2. The van der Waals surface area contributed by atoms with Crippen LogP contribution in [-0.4, -0.2) is 94.9 Å². The molecule has 8 bridgehead atoms. The van der Waals surface area contributed by atoms with Crippen LogP contribution in [-0.2, 0) is 0 Å². The van der Waals surface area contributed by atoms with Crippen LogP contribution in [0.1, 0.15) is 0 Å². The van der Waals surface area contributed by atoms with Gasteiger partial charge in [0.1, 0.15) is 0 Å². The fraction of sp³-hybridized carbons (Fsp3) is 0.375. The summed E-state index contributed by atoms with van der Waals surface area (Å²) in [4.78, 5) is 11.1. The topological polar surface area (TPSA) is 49.4 Å². The minimum Gasteiger partial charge on any atom is -0.248 e. The summed E-state index contributed by atoms with van der Waals surface area (Å²) in [5, 5.41) is 0. The molecule has 5 aliphatic heterocycles. The van der Waals surface area contributed by atoms with Crippen molar-refractivity contribution in [1.29, 1.82) is 0 Å². The van der Waals surface area contributed by atoms with Crippen LogP contribution in [0, 0.1) is 0 Å². The van der Waals surface area contributed by atoms with E-state index in [0.29, 0.717) is 90.4 Å². The Morgan fingerprint density at radius 2 is 0.500 bits per heavy atom. The smallest absolute Gasteiger partial charge is 0.248 e. The fourth-order valence-corrected chi connectivity index (χ4v) is 8.43. The predicted molar refractivity (Wildman–Crippen MR) is 210 cm³/mol. The molecule has 0 aliphatic carbocycles. The summed E-state index contributed by atoms with van der Waals surface area (Å²) < 4.78 is 404. The Labute approximate surface area is 409 Å². The molecule has 0 saturated carbocycles. The van der Waals surface area contributed by atoms with E-state index in [0.717, 1.165) is 0 Å². The number of hydrogen-bond acceptors (Lipinski definition) is 4. The Balaban J connectivity index is 2.21. The van der Waals surface area contributed by atoms with Crippen molar-refractivity contribution in [1.82, 2.24) is 0 Å². The van der Waals surface area contributed by atoms with E-state index in [1.165, 1.54) is 0 Å². The normalized spacial score (nSPS) is 20.2. The van der Waals surface area contributed by atoms with Crippen molar-refractivity contribution in [3.63, 3.8) is 0 Å². The van der Waals surface area contributed by atoms with E-state index in [1.807, 2.05) is 0 Å². The molecule has 5 aliphatic rings. The lowest BCUT2D eigenvalue weighted by molar-refractivity contribution is -0.343. The highest BCUT2D eigenvalue weighted by Crippen LogP contribution is 2.60. The molecule has 5 heterocycles. The first-order chi connectivity index (χ1) is 30.0. The number of halogens is 32. The van der Waals surface area contributed by atoms with Crippen LogP contribution < -0.4 is 0 Å². The Bertz CT molecular complexity index is 2470. The number of rotatable bonds is 8. The monoisotopic (exact) mass is 1480 g/mol. The maximum absolute atomic E-state index is 16.0. The van der Waals surface area contributed by atoms with E-state index in [9.17, 15) is 87.8 Å². The average Bonchev–Trinajstić information content (AvgIpc) is 3.93. The van der Waals surface area contributed by atoms with Crippen LogP contribution in [0.3, 0.4) is 0 Å². The zero-order valence-corrected chi connectivity index (χ0v) is 38.8. The molecule has 0 radical (unpaired) electrons. The van der Waals surface area contributed by atoms with E-state index in [4.69, 9.17) is 0 Å². The molecular formula is C32H4F28I4N4. The molecule has 0 aromatic rings. The number of aliphatic imine (C=N–C) groups is 4.